The van der Waals surface area contributed by atoms with Crippen LogP contribution in [0.5, 0.6) is 5.75 Å². The molecule has 0 fully saturated rings. The molecule has 0 saturated heterocycles. The van der Waals surface area contributed by atoms with E-state index in [0.29, 0.717) is 25.5 Å². The van der Waals surface area contributed by atoms with Crippen molar-refractivity contribution in [3.05, 3.63) is 29.8 Å². The van der Waals surface area contributed by atoms with E-state index in [1.807, 2.05) is 20.8 Å². The molecule has 0 atom stereocenters. The van der Waals surface area contributed by atoms with Crippen molar-refractivity contribution >= 4 is 5.97 Å². The molecule has 5 nitrogen and oxygen atoms in total. The molecule has 0 aliphatic heterocycles. The lowest BCUT2D eigenvalue weighted by Gasteiger charge is -2.25. The number of benzene rings is 1. The molecule has 0 radical (unpaired) electrons. The van der Waals surface area contributed by atoms with E-state index in [-0.39, 0.29) is 11.2 Å². The Bertz CT molecular complexity index is 414. The fourth-order valence-corrected chi connectivity index (χ4v) is 1.77. The van der Waals surface area contributed by atoms with Gasteiger partial charge in [-0.15, -0.1) is 0 Å². The van der Waals surface area contributed by atoms with E-state index in [4.69, 9.17) is 14.6 Å². The second kappa shape index (κ2) is 7.87. The number of rotatable bonds is 9. The lowest BCUT2D eigenvalue weighted by molar-refractivity contribution is -0.00902. The summed E-state index contributed by atoms with van der Waals surface area (Å²) in [7, 11) is 0. The number of nitrogens with one attached hydrogen (secondary N) is 1. The average molecular weight is 281 g/mol. The lowest BCUT2D eigenvalue weighted by atomic mass is 10.1. The van der Waals surface area contributed by atoms with Gasteiger partial charge in [-0.3, -0.25) is 0 Å². The van der Waals surface area contributed by atoms with Crippen LogP contribution in [0.2, 0.25) is 0 Å². The summed E-state index contributed by atoms with van der Waals surface area (Å²) in [5.41, 5.74) is 0.0756. The molecule has 0 aliphatic rings. The molecule has 0 unspecified atom stereocenters. The number of aromatic carboxylic acids is 1. The summed E-state index contributed by atoms with van der Waals surface area (Å²) >= 11 is 0. The van der Waals surface area contributed by atoms with Gasteiger partial charge in [0.15, 0.2) is 0 Å². The van der Waals surface area contributed by atoms with Crippen molar-refractivity contribution in [1.29, 1.82) is 0 Å². The van der Waals surface area contributed by atoms with Gasteiger partial charge in [0.1, 0.15) is 12.4 Å². The van der Waals surface area contributed by atoms with Crippen molar-refractivity contribution in [3.63, 3.8) is 0 Å². The molecule has 0 saturated carbocycles. The zero-order valence-electron chi connectivity index (χ0n) is 12.3. The summed E-state index contributed by atoms with van der Waals surface area (Å²) in [5, 5.41) is 12.0. The molecule has 0 aliphatic carbocycles. The molecule has 0 aromatic heterocycles. The van der Waals surface area contributed by atoms with Gasteiger partial charge < -0.3 is 19.9 Å². The SMILES string of the molecule is CCOC(C)(C)CNCCOc1ccc(C(=O)O)cc1. The van der Waals surface area contributed by atoms with Gasteiger partial charge in [-0.05, 0) is 45.0 Å². The van der Waals surface area contributed by atoms with Crippen LogP contribution in [0.4, 0.5) is 0 Å². The smallest absolute Gasteiger partial charge is 0.335 e. The monoisotopic (exact) mass is 281 g/mol. The minimum Gasteiger partial charge on any atom is -0.492 e. The van der Waals surface area contributed by atoms with Crippen molar-refractivity contribution in [1.82, 2.24) is 5.32 Å². The third-order valence-corrected chi connectivity index (χ3v) is 2.73. The van der Waals surface area contributed by atoms with Crippen molar-refractivity contribution in [3.8, 4) is 5.75 Å². The number of carbonyl (C=O) groups is 1. The molecule has 112 valence electrons. The van der Waals surface area contributed by atoms with Gasteiger partial charge >= 0.3 is 5.97 Å². The van der Waals surface area contributed by atoms with Crippen molar-refractivity contribution in [2.45, 2.75) is 26.4 Å². The van der Waals surface area contributed by atoms with Crippen LogP contribution in [0.1, 0.15) is 31.1 Å². The van der Waals surface area contributed by atoms with Gasteiger partial charge in [0, 0.05) is 19.7 Å². The highest BCUT2D eigenvalue weighted by Gasteiger charge is 2.16. The second-order valence-electron chi connectivity index (χ2n) is 5.05. The molecule has 1 aromatic rings. The standard InChI is InChI=1S/C15H23NO4/c1-4-20-15(2,3)11-16-9-10-19-13-7-5-12(6-8-13)14(17)18/h5-8,16H,4,9-11H2,1-3H3,(H,17,18). The van der Waals surface area contributed by atoms with Crippen LogP contribution in [0.25, 0.3) is 0 Å². The van der Waals surface area contributed by atoms with Gasteiger partial charge in [-0.1, -0.05) is 0 Å². The van der Waals surface area contributed by atoms with Gasteiger partial charge in [0.25, 0.3) is 0 Å². The van der Waals surface area contributed by atoms with Crippen LogP contribution in [0.3, 0.4) is 0 Å². The zero-order chi connectivity index (χ0) is 15.0. The topological polar surface area (TPSA) is 67.8 Å². The Kier molecular flexibility index (Phi) is 6.48. The highest BCUT2D eigenvalue weighted by molar-refractivity contribution is 5.87. The average Bonchev–Trinajstić information content (AvgIpc) is 2.38. The minimum atomic E-state index is -0.934. The van der Waals surface area contributed by atoms with E-state index in [9.17, 15) is 4.79 Å². The number of hydrogen-bond acceptors (Lipinski definition) is 4. The summed E-state index contributed by atoms with van der Waals surface area (Å²) in [6, 6.07) is 6.38. The Hall–Kier alpha value is -1.59. The third-order valence-electron chi connectivity index (χ3n) is 2.73. The molecule has 0 amide bonds. The van der Waals surface area contributed by atoms with E-state index in [1.165, 1.54) is 12.1 Å². The van der Waals surface area contributed by atoms with E-state index in [1.54, 1.807) is 12.1 Å². The summed E-state index contributed by atoms with van der Waals surface area (Å²) < 4.78 is 11.1. The predicted molar refractivity (Wildman–Crippen MR) is 77.5 cm³/mol. The first kappa shape index (κ1) is 16.5. The van der Waals surface area contributed by atoms with Crippen LogP contribution in [-0.2, 0) is 4.74 Å². The third kappa shape index (κ3) is 6.04. The van der Waals surface area contributed by atoms with Crippen LogP contribution in [0.15, 0.2) is 24.3 Å². The van der Waals surface area contributed by atoms with E-state index in [2.05, 4.69) is 5.32 Å². The van der Waals surface area contributed by atoms with Gasteiger partial charge in [-0.2, -0.15) is 0 Å². The predicted octanol–water partition coefficient (Wildman–Crippen LogP) is 2.17. The largest absolute Gasteiger partial charge is 0.492 e. The molecular formula is C15H23NO4. The lowest BCUT2D eigenvalue weighted by Crippen LogP contribution is -2.39. The van der Waals surface area contributed by atoms with Crippen LogP contribution in [0, 0.1) is 0 Å². The molecular weight excluding hydrogens is 258 g/mol. The Labute approximate surface area is 119 Å². The maximum absolute atomic E-state index is 10.7. The van der Waals surface area contributed by atoms with E-state index >= 15 is 0 Å². The summed E-state index contributed by atoms with van der Waals surface area (Å²) in [6.45, 7) is 8.73. The Morgan fingerprint density at radius 2 is 1.95 bits per heavy atom. The molecule has 1 rings (SSSR count). The maximum Gasteiger partial charge on any atom is 0.335 e. The first-order valence-electron chi connectivity index (χ1n) is 6.75. The maximum atomic E-state index is 10.7. The fourth-order valence-electron chi connectivity index (χ4n) is 1.77. The van der Waals surface area contributed by atoms with Gasteiger partial charge in [0.05, 0.1) is 11.2 Å². The molecule has 5 heteroatoms. The van der Waals surface area contributed by atoms with Crippen LogP contribution < -0.4 is 10.1 Å². The Morgan fingerprint density at radius 3 is 2.50 bits per heavy atom. The van der Waals surface area contributed by atoms with Crippen LogP contribution >= 0.6 is 0 Å². The summed E-state index contributed by atoms with van der Waals surface area (Å²) in [4.78, 5) is 10.7. The van der Waals surface area contributed by atoms with Crippen molar-refractivity contribution < 1.29 is 19.4 Å². The number of carboxylic acid groups (broad SMARTS) is 1. The molecule has 0 spiro atoms. The number of ether oxygens (including phenoxy) is 2. The van der Waals surface area contributed by atoms with Crippen molar-refractivity contribution in [2.75, 3.05) is 26.3 Å². The summed E-state index contributed by atoms with van der Waals surface area (Å²) in [6.07, 6.45) is 0. The Morgan fingerprint density at radius 1 is 1.30 bits per heavy atom. The quantitative estimate of drug-likeness (QED) is 0.679. The Balaban J connectivity index is 2.23. The minimum absolute atomic E-state index is 0.183. The first-order valence-corrected chi connectivity index (χ1v) is 6.75. The highest BCUT2D eigenvalue weighted by atomic mass is 16.5. The van der Waals surface area contributed by atoms with Gasteiger partial charge in [-0.25, -0.2) is 4.79 Å². The molecule has 20 heavy (non-hydrogen) atoms. The van der Waals surface area contributed by atoms with Crippen molar-refractivity contribution in [2.24, 2.45) is 0 Å². The van der Waals surface area contributed by atoms with Gasteiger partial charge in [0.2, 0.25) is 0 Å². The molecule has 0 heterocycles. The van der Waals surface area contributed by atoms with E-state index < -0.39 is 5.97 Å². The first-order chi connectivity index (χ1) is 9.44. The number of hydrogen-bond donors (Lipinski definition) is 2. The fraction of sp³-hybridized carbons (Fsp3) is 0.533. The normalized spacial score (nSPS) is 11.3. The summed E-state index contributed by atoms with van der Waals surface area (Å²) in [5.74, 6) is -0.266. The number of carboxylic acids is 1. The van der Waals surface area contributed by atoms with Crippen LogP contribution in [-0.4, -0.2) is 43.0 Å². The molecule has 0 bridgehead atoms. The highest BCUT2D eigenvalue weighted by Crippen LogP contribution is 2.12. The van der Waals surface area contributed by atoms with E-state index in [0.717, 1.165) is 6.54 Å². The molecule has 2 N–H and O–H groups in total. The molecule has 1 aromatic carbocycles. The second-order valence-corrected chi connectivity index (χ2v) is 5.05. The zero-order valence-corrected chi connectivity index (χ0v) is 12.3.